The summed E-state index contributed by atoms with van der Waals surface area (Å²) in [7, 11) is 0. The lowest BCUT2D eigenvalue weighted by atomic mass is 9.97. The second kappa shape index (κ2) is 6.20. The van der Waals surface area contributed by atoms with Gasteiger partial charge in [-0.15, -0.1) is 0 Å². The standard InChI is InChI=1S/C21H17FN2/c22-24(17-11-5-2-6-12-17)21(16-9-3-1-4-10-16)19-15-23-20-14-8-7-13-18(19)20/h1-15,21,23H. The van der Waals surface area contributed by atoms with Crippen molar-refractivity contribution in [3.8, 4) is 0 Å². The molecule has 0 aliphatic carbocycles. The number of hydrogen-bond acceptors (Lipinski definition) is 1. The van der Waals surface area contributed by atoms with Gasteiger partial charge in [0.25, 0.3) is 0 Å². The fourth-order valence-electron chi connectivity index (χ4n) is 3.11. The van der Waals surface area contributed by atoms with Crippen molar-refractivity contribution < 1.29 is 4.48 Å². The van der Waals surface area contributed by atoms with Crippen LogP contribution in [0.3, 0.4) is 0 Å². The molecule has 2 nitrogen and oxygen atoms in total. The largest absolute Gasteiger partial charge is 0.361 e. The SMILES string of the molecule is FN(c1ccccc1)C(c1ccccc1)c1c[nH]c2ccccc12. The number of H-pyrrole nitrogens is 1. The van der Waals surface area contributed by atoms with E-state index in [0.717, 1.165) is 27.2 Å². The highest BCUT2D eigenvalue weighted by molar-refractivity contribution is 5.84. The average molecular weight is 316 g/mol. The maximum Gasteiger partial charge on any atom is 0.114 e. The molecule has 1 unspecified atom stereocenters. The van der Waals surface area contributed by atoms with Gasteiger partial charge in [-0.1, -0.05) is 71.2 Å². The Kier molecular flexibility index (Phi) is 3.75. The molecule has 3 heteroatoms. The van der Waals surface area contributed by atoms with E-state index in [1.54, 1.807) is 12.1 Å². The van der Waals surface area contributed by atoms with Crippen molar-refractivity contribution in [1.82, 2.24) is 4.98 Å². The number of aromatic amines is 1. The van der Waals surface area contributed by atoms with Crippen molar-refractivity contribution in [2.45, 2.75) is 6.04 Å². The number of benzene rings is 3. The van der Waals surface area contributed by atoms with Gasteiger partial charge in [0.2, 0.25) is 0 Å². The number of halogens is 1. The predicted molar refractivity (Wildman–Crippen MR) is 96.6 cm³/mol. The van der Waals surface area contributed by atoms with Crippen molar-refractivity contribution in [1.29, 1.82) is 0 Å². The highest BCUT2D eigenvalue weighted by Gasteiger charge is 2.25. The number of rotatable bonds is 4. The molecule has 1 aromatic heterocycles. The lowest BCUT2D eigenvalue weighted by Crippen LogP contribution is -2.21. The molecule has 0 fully saturated rings. The fourth-order valence-corrected chi connectivity index (χ4v) is 3.11. The van der Waals surface area contributed by atoms with E-state index in [0.29, 0.717) is 5.69 Å². The van der Waals surface area contributed by atoms with E-state index in [2.05, 4.69) is 4.98 Å². The predicted octanol–water partition coefficient (Wildman–Crippen LogP) is 5.65. The quantitative estimate of drug-likeness (QED) is 0.482. The second-order valence-corrected chi connectivity index (χ2v) is 5.75. The molecule has 0 aliphatic rings. The van der Waals surface area contributed by atoms with Crippen LogP contribution in [0.2, 0.25) is 0 Å². The summed E-state index contributed by atoms with van der Waals surface area (Å²) in [6.07, 6.45) is 1.90. The molecule has 0 radical (unpaired) electrons. The molecule has 1 heterocycles. The zero-order valence-electron chi connectivity index (χ0n) is 13.1. The van der Waals surface area contributed by atoms with Crippen LogP contribution < -0.4 is 5.12 Å². The van der Waals surface area contributed by atoms with Gasteiger partial charge >= 0.3 is 0 Å². The third-order valence-electron chi connectivity index (χ3n) is 4.26. The summed E-state index contributed by atoms with van der Waals surface area (Å²) in [6.45, 7) is 0. The Bertz CT molecular complexity index is 932. The Morgan fingerprint density at radius 2 is 1.38 bits per heavy atom. The van der Waals surface area contributed by atoms with Crippen molar-refractivity contribution in [2.75, 3.05) is 5.12 Å². The molecular weight excluding hydrogens is 299 g/mol. The number of aromatic nitrogens is 1. The normalized spacial score (nSPS) is 12.2. The van der Waals surface area contributed by atoms with Crippen LogP contribution in [0.25, 0.3) is 10.9 Å². The molecule has 1 atom stereocenters. The number of hydrogen-bond donors (Lipinski definition) is 1. The minimum absolute atomic E-state index is 0.509. The van der Waals surface area contributed by atoms with E-state index in [1.807, 2.05) is 79.0 Å². The van der Waals surface area contributed by atoms with E-state index in [-0.39, 0.29) is 0 Å². The third kappa shape index (κ3) is 2.54. The van der Waals surface area contributed by atoms with Crippen LogP contribution in [0.15, 0.2) is 91.1 Å². The van der Waals surface area contributed by atoms with E-state index in [4.69, 9.17) is 0 Å². The average Bonchev–Trinajstić information content (AvgIpc) is 3.07. The zero-order valence-corrected chi connectivity index (χ0v) is 13.1. The fraction of sp³-hybridized carbons (Fsp3) is 0.0476. The van der Waals surface area contributed by atoms with Crippen LogP contribution in [0.4, 0.5) is 10.2 Å². The van der Waals surface area contributed by atoms with Crippen LogP contribution in [0.1, 0.15) is 17.2 Å². The number of nitrogens with one attached hydrogen (secondary N) is 1. The number of anilines is 1. The number of fused-ring (bicyclic) bond motifs is 1. The molecule has 0 amide bonds. The number of para-hydroxylation sites is 2. The molecule has 118 valence electrons. The molecule has 0 saturated heterocycles. The van der Waals surface area contributed by atoms with E-state index in [1.165, 1.54) is 0 Å². The van der Waals surface area contributed by atoms with E-state index < -0.39 is 6.04 Å². The third-order valence-corrected chi connectivity index (χ3v) is 4.26. The maximum absolute atomic E-state index is 15.4. The molecule has 4 aromatic rings. The lowest BCUT2D eigenvalue weighted by molar-refractivity contribution is 0.398. The van der Waals surface area contributed by atoms with Crippen molar-refractivity contribution in [3.05, 3.63) is 102 Å². The smallest absolute Gasteiger partial charge is 0.114 e. The molecule has 0 aliphatic heterocycles. The summed E-state index contributed by atoms with van der Waals surface area (Å²) < 4.78 is 15.4. The first-order chi connectivity index (χ1) is 11.8. The molecular formula is C21H17FN2. The van der Waals surface area contributed by atoms with Gasteiger partial charge in [-0.3, -0.25) is 0 Å². The van der Waals surface area contributed by atoms with Gasteiger partial charge in [0.05, 0.1) is 5.69 Å². The van der Waals surface area contributed by atoms with Gasteiger partial charge in [0, 0.05) is 22.7 Å². The first kappa shape index (κ1) is 14.5. The Labute approximate surface area is 140 Å². The zero-order chi connectivity index (χ0) is 16.4. The second-order valence-electron chi connectivity index (χ2n) is 5.75. The Hall–Kier alpha value is -3.07. The topological polar surface area (TPSA) is 19.0 Å². The highest BCUT2D eigenvalue weighted by atomic mass is 19.2. The van der Waals surface area contributed by atoms with Crippen molar-refractivity contribution in [3.63, 3.8) is 0 Å². The molecule has 0 spiro atoms. The van der Waals surface area contributed by atoms with Gasteiger partial charge < -0.3 is 4.98 Å². The first-order valence-corrected chi connectivity index (χ1v) is 7.95. The minimum Gasteiger partial charge on any atom is -0.361 e. The molecule has 3 aromatic carbocycles. The Balaban J connectivity index is 1.88. The van der Waals surface area contributed by atoms with Crippen LogP contribution in [-0.4, -0.2) is 4.98 Å². The van der Waals surface area contributed by atoms with Crippen LogP contribution in [0, 0.1) is 0 Å². The summed E-state index contributed by atoms with van der Waals surface area (Å²) in [5.41, 5.74) is 3.38. The summed E-state index contributed by atoms with van der Waals surface area (Å²) in [5.74, 6) is 0. The summed E-state index contributed by atoms with van der Waals surface area (Å²) >= 11 is 0. The van der Waals surface area contributed by atoms with Gasteiger partial charge in [0.15, 0.2) is 0 Å². The lowest BCUT2D eigenvalue weighted by Gasteiger charge is -2.25. The highest BCUT2D eigenvalue weighted by Crippen LogP contribution is 2.36. The molecule has 0 saturated carbocycles. The molecule has 24 heavy (non-hydrogen) atoms. The van der Waals surface area contributed by atoms with Gasteiger partial charge in [0.1, 0.15) is 6.04 Å². The van der Waals surface area contributed by atoms with Crippen molar-refractivity contribution in [2.24, 2.45) is 0 Å². The Morgan fingerprint density at radius 3 is 2.12 bits per heavy atom. The summed E-state index contributed by atoms with van der Waals surface area (Å²) in [4.78, 5) is 3.25. The monoisotopic (exact) mass is 316 g/mol. The van der Waals surface area contributed by atoms with Gasteiger partial charge in [-0.2, -0.15) is 5.12 Å². The van der Waals surface area contributed by atoms with Crippen LogP contribution >= 0.6 is 0 Å². The van der Waals surface area contributed by atoms with Crippen LogP contribution in [-0.2, 0) is 0 Å². The molecule has 4 rings (SSSR count). The maximum atomic E-state index is 15.4. The summed E-state index contributed by atoms with van der Waals surface area (Å²) in [6, 6.07) is 26.4. The first-order valence-electron chi connectivity index (χ1n) is 7.95. The summed E-state index contributed by atoms with van der Waals surface area (Å²) in [5, 5.41) is 1.87. The van der Waals surface area contributed by atoms with E-state index in [9.17, 15) is 0 Å². The minimum atomic E-state index is -0.509. The van der Waals surface area contributed by atoms with Crippen molar-refractivity contribution >= 4 is 16.6 Å². The number of nitrogens with zero attached hydrogens (tertiary/aromatic N) is 1. The molecule has 1 N–H and O–H groups in total. The van der Waals surface area contributed by atoms with Gasteiger partial charge in [-0.05, 0) is 23.8 Å². The molecule has 0 bridgehead atoms. The van der Waals surface area contributed by atoms with Gasteiger partial charge in [-0.25, -0.2) is 0 Å². The van der Waals surface area contributed by atoms with E-state index >= 15 is 4.48 Å². The van der Waals surface area contributed by atoms with Crippen LogP contribution in [0.5, 0.6) is 0 Å². The Morgan fingerprint density at radius 1 is 0.750 bits per heavy atom.